The molecule has 0 saturated carbocycles. The summed E-state index contributed by atoms with van der Waals surface area (Å²) in [5.41, 5.74) is 1.71. The Morgan fingerprint density at radius 1 is 0.964 bits per heavy atom. The van der Waals surface area contributed by atoms with Gasteiger partial charge in [-0.2, -0.15) is 8.42 Å². The number of hydrogen-bond acceptors (Lipinski definition) is 6. The fourth-order valence-corrected chi connectivity index (χ4v) is 3.97. The predicted octanol–water partition coefficient (Wildman–Crippen LogP) is 3.70. The van der Waals surface area contributed by atoms with Crippen LogP contribution in [0, 0.1) is 6.92 Å². The lowest BCUT2D eigenvalue weighted by Crippen LogP contribution is -2.15. The van der Waals surface area contributed by atoms with Gasteiger partial charge in [-0.05, 0) is 54.3 Å². The molecule has 0 bridgehead atoms. The molecule has 0 aliphatic rings. The number of sulfone groups is 1. The Labute approximate surface area is 167 Å². The first-order valence-electron chi connectivity index (χ1n) is 9.02. The van der Waals surface area contributed by atoms with E-state index in [2.05, 4.69) is 0 Å². The number of benzene rings is 2. The summed E-state index contributed by atoms with van der Waals surface area (Å²) in [6, 6.07) is 11.2. The minimum absolute atomic E-state index is 0.00428. The molecule has 2 rings (SSSR count). The summed E-state index contributed by atoms with van der Waals surface area (Å²) >= 11 is 0. The molecule has 28 heavy (non-hydrogen) atoms. The van der Waals surface area contributed by atoms with Crippen molar-refractivity contribution in [3.05, 3.63) is 53.6 Å². The van der Waals surface area contributed by atoms with Crippen molar-refractivity contribution in [3.63, 3.8) is 0 Å². The molecule has 8 heteroatoms. The van der Waals surface area contributed by atoms with E-state index in [1.54, 1.807) is 19.9 Å². The summed E-state index contributed by atoms with van der Waals surface area (Å²) in [5.74, 6) is 0.915. The maximum atomic E-state index is 12.6. The van der Waals surface area contributed by atoms with E-state index in [9.17, 15) is 16.8 Å². The van der Waals surface area contributed by atoms with Crippen LogP contribution >= 0.6 is 0 Å². The van der Waals surface area contributed by atoms with Crippen LogP contribution in [0.3, 0.4) is 0 Å². The molecular weight excluding hydrogens is 400 g/mol. The van der Waals surface area contributed by atoms with Crippen LogP contribution in [0.2, 0.25) is 0 Å². The van der Waals surface area contributed by atoms with E-state index in [1.807, 2.05) is 26.0 Å². The van der Waals surface area contributed by atoms with E-state index in [-0.39, 0.29) is 28.9 Å². The Kier molecular flexibility index (Phi) is 7.11. The van der Waals surface area contributed by atoms with Crippen molar-refractivity contribution in [2.24, 2.45) is 0 Å². The summed E-state index contributed by atoms with van der Waals surface area (Å²) in [5, 5.41) is 0. The monoisotopic (exact) mass is 426 g/mol. The molecule has 0 spiro atoms. The van der Waals surface area contributed by atoms with Gasteiger partial charge in [0, 0.05) is 5.75 Å². The van der Waals surface area contributed by atoms with Gasteiger partial charge in [-0.1, -0.05) is 32.9 Å². The van der Waals surface area contributed by atoms with Gasteiger partial charge in [0.15, 0.2) is 9.84 Å². The van der Waals surface area contributed by atoms with Crippen molar-refractivity contribution < 1.29 is 25.8 Å². The summed E-state index contributed by atoms with van der Waals surface area (Å²) < 4.78 is 58.8. The van der Waals surface area contributed by atoms with E-state index in [4.69, 9.17) is 8.92 Å². The van der Waals surface area contributed by atoms with Gasteiger partial charge in [0.2, 0.25) is 0 Å². The molecule has 154 valence electrons. The van der Waals surface area contributed by atoms with Crippen molar-refractivity contribution >= 4 is 20.0 Å². The predicted molar refractivity (Wildman–Crippen MR) is 109 cm³/mol. The Balaban J connectivity index is 2.11. The molecule has 0 aliphatic heterocycles. The van der Waals surface area contributed by atoms with Crippen molar-refractivity contribution in [1.82, 2.24) is 0 Å². The van der Waals surface area contributed by atoms with Crippen molar-refractivity contribution in [1.29, 1.82) is 0 Å². The lowest BCUT2D eigenvalue weighted by atomic mass is 10.0. The van der Waals surface area contributed by atoms with Gasteiger partial charge in [0.05, 0.1) is 5.75 Å². The van der Waals surface area contributed by atoms with Crippen LogP contribution in [-0.4, -0.2) is 34.9 Å². The quantitative estimate of drug-likeness (QED) is 0.568. The van der Waals surface area contributed by atoms with E-state index >= 15 is 0 Å². The number of rotatable bonds is 9. The second kappa shape index (κ2) is 8.96. The van der Waals surface area contributed by atoms with Crippen molar-refractivity contribution in [2.45, 2.75) is 38.5 Å². The second-order valence-corrected chi connectivity index (χ2v) is 10.8. The highest BCUT2D eigenvalue weighted by Crippen LogP contribution is 2.27. The lowest BCUT2D eigenvalue weighted by molar-refractivity contribution is 0.340. The topological polar surface area (TPSA) is 86.7 Å². The van der Waals surface area contributed by atoms with E-state index in [0.29, 0.717) is 11.5 Å². The molecular formula is C20H26O6S2. The smallest absolute Gasteiger partial charge is 0.339 e. The fraction of sp³-hybridized carbons (Fsp3) is 0.400. The average molecular weight is 427 g/mol. The zero-order valence-corrected chi connectivity index (χ0v) is 18.1. The SMILES string of the molecule is CCS(=O)(=O)CCOc1ccc(S(=O)(=O)Oc2cc(C(C)C)ccc2C)cc1. The first-order valence-corrected chi connectivity index (χ1v) is 12.3. The number of aryl methyl sites for hydroxylation is 1. The van der Waals surface area contributed by atoms with E-state index < -0.39 is 20.0 Å². The van der Waals surface area contributed by atoms with Crippen LogP contribution in [0.25, 0.3) is 0 Å². The Morgan fingerprint density at radius 2 is 1.61 bits per heavy atom. The summed E-state index contributed by atoms with van der Waals surface area (Å²) in [6.45, 7) is 7.42. The highest BCUT2D eigenvalue weighted by molar-refractivity contribution is 7.91. The standard InChI is InChI=1S/C20H26O6S2/c1-5-27(21,22)13-12-25-18-8-10-19(11-9-18)28(23,24)26-20-14-17(15(2)3)7-6-16(20)4/h6-11,14-15H,5,12-13H2,1-4H3. The molecule has 0 radical (unpaired) electrons. The Bertz CT molecular complexity index is 1010. The third-order valence-corrected chi connectivity index (χ3v) is 7.21. The second-order valence-electron chi connectivity index (χ2n) is 6.77. The zero-order chi connectivity index (χ0) is 20.9. The fourth-order valence-electron chi connectivity index (χ4n) is 2.37. The number of hydrogen-bond donors (Lipinski definition) is 0. The molecule has 0 N–H and O–H groups in total. The van der Waals surface area contributed by atoms with Gasteiger partial charge >= 0.3 is 10.1 Å². The van der Waals surface area contributed by atoms with Crippen LogP contribution in [0.1, 0.15) is 37.8 Å². The molecule has 0 atom stereocenters. The molecule has 0 aliphatic carbocycles. The highest BCUT2D eigenvalue weighted by Gasteiger charge is 2.19. The Hall–Kier alpha value is -2.06. The van der Waals surface area contributed by atoms with Crippen LogP contribution in [0.15, 0.2) is 47.4 Å². The molecule has 0 heterocycles. The molecule has 2 aromatic rings. The molecule has 6 nitrogen and oxygen atoms in total. The van der Waals surface area contributed by atoms with Crippen LogP contribution in [0.5, 0.6) is 11.5 Å². The molecule has 0 unspecified atom stereocenters. The summed E-state index contributed by atoms with van der Waals surface area (Å²) in [6.07, 6.45) is 0. The van der Waals surface area contributed by atoms with E-state index in [0.717, 1.165) is 11.1 Å². The van der Waals surface area contributed by atoms with Gasteiger partial charge in [0.1, 0.15) is 23.0 Å². The normalized spacial score (nSPS) is 12.2. The lowest BCUT2D eigenvalue weighted by Gasteiger charge is -2.13. The number of ether oxygens (including phenoxy) is 1. The van der Waals surface area contributed by atoms with Crippen molar-refractivity contribution in [3.8, 4) is 11.5 Å². The maximum absolute atomic E-state index is 12.6. The van der Waals surface area contributed by atoms with Crippen LogP contribution in [0.4, 0.5) is 0 Å². The molecule has 0 aromatic heterocycles. The van der Waals surface area contributed by atoms with Gasteiger partial charge in [0.25, 0.3) is 0 Å². The van der Waals surface area contributed by atoms with Gasteiger partial charge in [-0.25, -0.2) is 8.42 Å². The van der Waals surface area contributed by atoms with Crippen molar-refractivity contribution in [2.75, 3.05) is 18.1 Å². The third-order valence-electron chi connectivity index (χ3n) is 4.29. The summed E-state index contributed by atoms with van der Waals surface area (Å²) in [7, 11) is -7.10. The molecule has 0 fully saturated rings. The first kappa shape index (κ1) is 22.2. The Morgan fingerprint density at radius 3 is 2.18 bits per heavy atom. The van der Waals surface area contributed by atoms with Crippen LogP contribution in [-0.2, 0) is 20.0 Å². The average Bonchev–Trinajstić information content (AvgIpc) is 2.63. The molecule has 2 aromatic carbocycles. The maximum Gasteiger partial charge on any atom is 0.339 e. The summed E-state index contributed by atoms with van der Waals surface area (Å²) in [4.78, 5) is -0.00428. The van der Waals surface area contributed by atoms with Gasteiger partial charge in [-0.15, -0.1) is 0 Å². The molecule has 0 saturated heterocycles. The largest absolute Gasteiger partial charge is 0.493 e. The van der Waals surface area contributed by atoms with Crippen LogP contribution < -0.4 is 8.92 Å². The zero-order valence-electron chi connectivity index (χ0n) is 16.5. The first-order chi connectivity index (χ1) is 13.0. The van der Waals surface area contributed by atoms with E-state index in [1.165, 1.54) is 24.3 Å². The minimum atomic E-state index is -3.99. The minimum Gasteiger partial charge on any atom is -0.493 e. The third kappa shape index (κ3) is 5.97. The highest BCUT2D eigenvalue weighted by atomic mass is 32.2. The molecule has 0 amide bonds. The van der Waals surface area contributed by atoms with Gasteiger partial charge in [-0.3, -0.25) is 0 Å². The van der Waals surface area contributed by atoms with Gasteiger partial charge < -0.3 is 8.92 Å².